The molecule has 3 aromatic rings. The summed E-state index contributed by atoms with van der Waals surface area (Å²) in [6.45, 7) is 1.51. The van der Waals surface area contributed by atoms with Crippen molar-refractivity contribution in [3.63, 3.8) is 0 Å². The number of halogens is 3. The number of aromatic nitrogens is 1. The number of phenols is 1. The molecule has 0 unspecified atom stereocenters. The smallest absolute Gasteiger partial charge is 0.250 e. The van der Waals surface area contributed by atoms with Crippen LogP contribution >= 0.6 is 0 Å². The van der Waals surface area contributed by atoms with Gasteiger partial charge < -0.3 is 20.2 Å². The summed E-state index contributed by atoms with van der Waals surface area (Å²) < 4.78 is 44.9. The van der Waals surface area contributed by atoms with Crippen LogP contribution in [0.1, 0.15) is 0 Å². The molecule has 3 heterocycles. The molecule has 0 radical (unpaired) electrons. The summed E-state index contributed by atoms with van der Waals surface area (Å²) in [4.78, 5) is 20.1. The van der Waals surface area contributed by atoms with Crippen molar-refractivity contribution < 1.29 is 23.1 Å². The molecule has 0 aliphatic carbocycles. The lowest BCUT2D eigenvalue weighted by Crippen LogP contribution is -2.61. The Bertz CT molecular complexity index is 1200. The Morgan fingerprint density at radius 2 is 2.00 bits per heavy atom. The number of nitrogens with one attached hydrogen (secondary N) is 1. The summed E-state index contributed by atoms with van der Waals surface area (Å²) in [5.74, 6) is -3.75. The Morgan fingerprint density at radius 1 is 1.20 bits per heavy atom. The van der Waals surface area contributed by atoms with E-state index in [9.17, 15) is 14.3 Å². The molecular weight excluding hydrogens is 397 g/mol. The number of carbonyl (C=O) groups is 1. The predicted molar refractivity (Wildman–Crippen MR) is 106 cm³/mol. The van der Waals surface area contributed by atoms with Crippen molar-refractivity contribution >= 4 is 28.2 Å². The lowest BCUT2D eigenvalue weighted by Gasteiger charge is -2.44. The average Bonchev–Trinajstić information content (AvgIpc) is 2.73. The maximum absolute atomic E-state index is 15.5. The third kappa shape index (κ3) is 2.48. The number of rotatable bonds is 1. The summed E-state index contributed by atoms with van der Waals surface area (Å²) in [6, 6.07) is 4.02. The first kappa shape index (κ1) is 18.7. The van der Waals surface area contributed by atoms with E-state index in [1.807, 2.05) is 4.90 Å². The third-order valence-electron chi connectivity index (χ3n) is 5.76. The van der Waals surface area contributed by atoms with Gasteiger partial charge >= 0.3 is 0 Å². The minimum atomic E-state index is -1.07. The number of carbonyl (C=O) groups excluding carboxylic acids is 1. The molecule has 2 aromatic carbocycles. The fourth-order valence-electron chi connectivity index (χ4n) is 4.31. The molecule has 154 valence electrons. The number of fused-ring (bicyclic) bond motifs is 5. The number of aromatic hydroxyl groups is 1. The highest BCUT2D eigenvalue weighted by molar-refractivity contribution is 6.12. The monoisotopic (exact) mass is 414 g/mol. The van der Waals surface area contributed by atoms with Gasteiger partial charge in [0.25, 0.3) is 5.91 Å². The second kappa shape index (κ2) is 6.60. The van der Waals surface area contributed by atoms with Gasteiger partial charge in [0.1, 0.15) is 28.9 Å². The fourth-order valence-corrected chi connectivity index (χ4v) is 4.31. The fraction of sp³-hybridized carbons (Fsp3) is 0.238. The minimum Gasteiger partial charge on any atom is -0.507 e. The summed E-state index contributed by atoms with van der Waals surface area (Å²) in [5, 5.41) is 13.4. The minimum absolute atomic E-state index is 0.135. The maximum atomic E-state index is 15.5. The molecule has 2 aliphatic rings. The Balaban J connectivity index is 1.82. The van der Waals surface area contributed by atoms with E-state index in [2.05, 4.69) is 10.3 Å². The number of nitrogens with zero attached hydrogens (tertiary/aromatic N) is 3. The SMILES string of the molecule is CN1C(=O)[C@H]2CNCCN2c2c1cnc1c(F)c(-c3c(O)cccc3F)c(F)cc21. The van der Waals surface area contributed by atoms with Crippen LogP contribution < -0.4 is 15.1 Å². The number of likely N-dealkylation sites (N-methyl/N-ethyl adjacent to an activating group) is 1. The van der Waals surface area contributed by atoms with Crippen molar-refractivity contribution in [2.24, 2.45) is 0 Å². The first-order chi connectivity index (χ1) is 14.4. The van der Waals surface area contributed by atoms with E-state index in [-0.39, 0.29) is 16.8 Å². The molecule has 0 bridgehead atoms. The van der Waals surface area contributed by atoms with Crippen LogP contribution in [0.25, 0.3) is 22.0 Å². The highest BCUT2D eigenvalue weighted by Crippen LogP contribution is 2.44. The Hall–Kier alpha value is -3.33. The molecule has 0 saturated carbocycles. The molecule has 1 atom stereocenters. The second-order valence-electron chi connectivity index (χ2n) is 7.38. The normalized spacial score (nSPS) is 18.5. The number of anilines is 2. The predicted octanol–water partition coefficient (Wildman–Crippen LogP) is 2.78. The van der Waals surface area contributed by atoms with Crippen LogP contribution in [-0.4, -0.2) is 48.7 Å². The average molecular weight is 414 g/mol. The summed E-state index contributed by atoms with van der Waals surface area (Å²) in [6.07, 6.45) is 1.36. The van der Waals surface area contributed by atoms with Gasteiger partial charge in [0, 0.05) is 32.1 Å². The van der Waals surface area contributed by atoms with Crippen molar-refractivity contribution in [2.45, 2.75) is 6.04 Å². The number of piperazine rings is 1. The Labute approximate surface area is 169 Å². The highest BCUT2D eigenvalue weighted by atomic mass is 19.1. The van der Waals surface area contributed by atoms with Gasteiger partial charge in [0.05, 0.1) is 28.7 Å². The van der Waals surface area contributed by atoms with Crippen LogP contribution in [0.15, 0.2) is 30.5 Å². The van der Waals surface area contributed by atoms with Crippen molar-refractivity contribution in [1.82, 2.24) is 10.3 Å². The summed E-state index contributed by atoms with van der Waals surface area (Å²) in [5.41, 5.74) is -0.432. The zero-order chi connectivity index (χ0) is 21.2. The Kier molecular flexibility index (Phi) is 4.11. The highest BCUT2D eigenvalue weighted by Gasteiger charge is 2.39. The zero-order valence-electron chi connectivity index (χ0n) is 15.9. The van der Waals surface area contributed by atoms with Crippen LogP contribution in [-0.2, 0) is 4.79 Å². The molecule has 1 saturated heterocycles. The molecule has 2 N–H and O–H groups in total. The molecule has 1 fully saturated rings. The van der Waals surface area contributed by atoms with Crippen LogP contribution in [0.4, 0.5) is 24.5 Å². The number of amides is 1. The van der Waals surface area contributed by atoms with E-state index >= 15 is 8.78 Å². The van der Waals surface area contributed by atoms with Gasteiger partial charge in [-0.2, -0.15) is 0 Å². The Morgan fingerprint density at radius 3 is 2.77 bits per heavy atom. The third-order valence-corrected chi connectivity index (χ3v) is 5.76. The van der Waals surface area contributed by atoms with Gasteiger partial charge in [0.15, 0.2) is 5.82 Å². The molecule has 5 rings (SSSR count). The topological polar surface area (TPSA) is 68.7 Å². The molecule has 1 aromatic heterocycles. The molecular formula is C21H17F3N4O2. The van der Waals surface area contributed by atoms with Crippen LogP contribution in [0.2, 0.25) is 0 Å². The van der Waals surface area contributed by atoms with E-state index in [1.54, 1.807) is 7.05 Å². The number of hydrogen-bond donors (Lipinski definition) is 2. The molecule has 6 nitrogen and oxygen atoms in total. The quantitative estimate of drug-likeness (QED) is 0.641. The molecule has 0 spiro atoms. The number of hydrogen-bond acceptors (Lipinski definition) is 5. The van der Waals surface area contributed by atoms with Gasteiger partial charge in [0.2, 0.25) is 0 Å². The van der Waals surface area contributed by atoms with E-state index in [1.165, 1.54) is 17.2 Å². The maximum Gasteiger partial charge on any atom is 0.250 e. The van der Waals surface area contributed by atoms with E-state index < -0.39 is 40.4 Å². The largest absolute Gasteiger partial charge is 0.507 e. The van der Waals surface area contributed by atoms with E-state index in [0.717, 1.165) is 18.2 Å². The molecule has 9 heteroatoms. The van der Waals surface area contributed by atoms with Crippen LogP contribution in [0, 0.1) is 17.5 Å². The van der Waals surface area contributed by atoms with Crippen molar-refractivity contribution in [3.05, 3.63) is 47.9 Å². The van der Waals surface area contributed by atoms with E-state index in [0.29, 0.717) is 31.0 Å². The van der Waals surface area contributed by atoms with Gasteiger partial charge in [-0.05, 0) is 18.2 Å². The van der Waals surface area contributed by atoms with Gasteiger partial charge in [-0.3, -0.25) is 9.78 Å². The van der Waals surface area contributed by atoms with E-state index in [4.69, 9.17) is 0 Å². The zero-order valence-corrected chi connectivity index (χ0v) is 15.9. The molecule has 1 amide bonds. The number of phenolic OH excluding ortho intramolecular Hbond substituents is 1. The second-order valence-corrected chi connectivity index (χ2v) is 7.38. The molecule has 30 heavy (non-hydrogen) atoms. The van der Waals surface area contributed by atoms with Gasteiger partial charge in [-0.25, -0.2) is 13.2 Å². The van der Waals surface area contributed by atoms with Crippen molar-refractivity contribution in [1.29, 1.82) is 0 Å². The standard InChI is InChI=1S/C21H17F3N4O2/c1-27-13-9-26-19-10(20(13)28-6-5-25-8-14(28)21(27)30)7-12(23)17(18(19)24)16-11(22)3-2-4-15(16)29/h2-4,7,9,14,25,29H,5-6,8H2,1H3/t14-/m1/s1. The first-order valence-electron chi connectivity index (χ1n) is 9.43. The lowest BCUT2D eigenvalue weighted by atomic mass is 9.97. The first-order valence-corrected chi connectivity index (χ1v) is 9.43. The molecule has 2 aliphatic heterocycles. The summed E-state index contributed by atoms with van der Waals surface area (Å²) in [7, 11) is 1.60. The van der Waals surface area contributed by atoms with Crippen molar-refractivity contribution in [3.8, 4) is 16.9 Å². The number of benzene rings is 2. The van der Waals surface area contributed by atoms with Crippen LogP contribution in [0.5, 0.6) is 5.75 Å². The van der Waals surface area contributed by atoms with Gasteiger partial charge in [-0.15, -0.1) is 0 Å². The van der Waals surface area contributed by atoms with Gasteiger partial charge in [-0.1, -0.05) is 6.07 Å². The number of pyridine rings is 1. The van der Waals surface area contributed by atoms with Crippen LogP contribution in [0.3, 0.4) is 0 Å². The summed E-state index contributed by atoms with van der Waals surface area (Å²) >= 11 is 0. The van der Waals surface area contributed by atoms with Crippen molar-refractivity contribution in [2.75, 3.05) is 36.5 Å². The lowest BCUT2D eigenvalue weighted by molar-refractivity contribution is -0.120.